The molecule has 0 spiro atoms. The highest BCUT2D eigenvalue weighted by molar-refractivity contribution is 5.24. The first-order valence-electron chi connectivity index (χ1n) is 7.67. The van der Waals surface area contributed by atoms with Crippen molar-refractivity contribution in [1.29, 1.82) is 0 Å². The van der Waals surface area contributed by atoms with Gasteiger partial charge in [0.1, 0.15) is 0 Å². The minimum Gasteiger partial charge on any atom is -0.380 e. The van der Waals surface area contributed by atoms with Crippen LogP contribution in [0.3, 0.4) is 0 Å². The second-order valence-electron chi connectivity index (χ2n) is 6.65. The topological polar surface area (TPSA) is 21.3 Å². The number of hydrogen-bond donors (Lipinski definition) is 1. The first-order valence-corrected chi connectivity index (χ1v) is 7.67. The number of methoxy groups -OCH3 is 1. The highest BCUT2D eigenvalue weighted by Crippen LogP contribution is 2.65. The van der Waals surface area contributed by atoms with Gasteiger partial charge in [0, 0.05) is 19.7 Å². The summed E-state index contributed by atoms with van der Waals surface area (Å²) in [6.07, 6.45) is 4.55. The molecule has 3 aliphatic carbocycles. The predicted octanol–water partition coefficient (Wildman–Crippen LogP) is 2.97. The standard InChI is InChI=1S/C17H23NO/c1-19-10-12-4-2-3-11(7-12)9-18-17-15-13-5-6-14(8-13)16(15)17/h2-4,7,13-18H,5-6,8-10H2,1H3. The minimum atomic E-state index is 0.715. The fourth-order valence-electron chi connectivity index (χ4n) is 4.83. The summed E-state index contributed by atoms with van der Waals surface area (Å²) in [5.74, 6) is 4.18. The van der Waals surface area contributed by atoms with Gasteiger partial charge in [0.05, 0.1) is 6.61 Å². The molecule has 102 valence electrons. The van der Waals surface area contributed by atoms with Crippen LogP contribution in [0.15, 0.2) is 24.3 Å². The maximum atomic E-state index is 5.20. The lowest BCUT2D eigenvalue weighted by molar-refractivity contribution is 0.185. The molecule has 1 aromatic rings. The molecule has 3 fully saturated rings. The zero-order chi connectivity index (χ0) is 12.8. The average molecular weight is 257 g/mol. The Labute approximate surface area is 115 Å². The van der Waals surface area contributed by atoms with Gasteiger partial charge in [-0.25, -0.2) is 0 Å². The van der Waals surface area contributed by atoms with Crippen LogP contribution >= 0.6 is 0 Å². The van der Waals surface area contributed by atoms with E-state index in [0.29, 0.717) is 6.61 Å². The maximum Gasteiger partial charge on any atom is 0.0713 e. The molecule has 2 heteroatoms. The van der Waals surface area contributed by atoms with Gasteiger partial charge in [0.2, 0.25) is 0 Å². The molecule has 0 heterocycles. The number of hydrogen-bond acceptors (Lipinski definition) is 2. The maximum absolute atomic E-state index is 5.20. The molecule has 0 saturated heterocycles. The molecule has 2 bridgehead atoms. The molecule has 0 amide bonds. The minimum absolute atomic E-state index is 0.715. The van der Waals surface area contributed by atoms with E-state index in [9.17, 15) is 0 Å². The molecule has 0 radical (unpaired) electrons. The lowest BCUT2D eigenvalue weighted by Gasteiger charge is -2.11. The van der Waals surface area contributed by atoms with E-state index in [0.717, 1.165) is 36.3 Å². The smallest absolute Gasteiger partial charge is 0.0713 e. The Balaban J connectivity index is 1.35. The van der Waals surface area contributed by atoms with Crippen LogP contribution < -0.4 is 5.32 Å². The van der Waals surface area contributed by atoms with E-state index in [1.165, 1.54) is 30.4 Å². The van der Waals surface area contributed by atoms with Gasteiger partial charge in [-0.05, 0) is 54.1 Å². The summed E-state index contributed by atoms with van der Waals surface area (Å²) in [6, 6.07) is 9.60. The van der Waals surface area contributed by atoms with Crippen LogP contribution in [0.1, 0.15) is 30.4 Å². The molecule has 1 N–H and O–H groups in total. The molecule has 3 saturated carbocycles. The van der Waals surface area contributed by atoms with Crippen molar-refractivity contribution in [3.8, 4) is 0 Å². The van der Waals surface area contributed by atoms with E-state index in [1.807, 2.05) is 0 Å². The Morgan fingerprint density at radius 2 is 1.89 bits per heavy atom. The van der Waals surface area contributed by atoms with Crippen molar-refractivity contribution in [2.75, 3.05) is 7.11 Å². The van der Waals surface area contributed by atoms with E-state index in [2.05, 4.69) is 29.6 Å². The van der Waals surface area contributed by atoms with E-state index >= 15 is 0 Å². The SMILES string of the molecule is COCc1cccc(CNC2C3C4CCC(C4)C23)c1. The molecule has 4 rings (SSSR count). The molecule has 0 aliphatic heterocycles. The molecule has 0 aromatic heterocycles. The Morgan fingerprint density at radius 1 is 1.16 bits per heavy atom. The summed E-state index contributed by atoms with van der Waals surface area (Å²) in [7, 11) is 1.76. The summed E-state index contributed by atoms with van der Waals surface area (Å²) in [5, 5.41) is 3.80. The largest absolute Gasteiger partial charge is 0.380 e. The van der Waals surface area contributed by atoms with Gasteiger partial charge in [-0.1, -0.05) is 24.3 Å². The molecular weight excluding hydrogens is 234 g/mol. The van der Waals surface area contributed by atoms with Gasteiger partial charge in [-0.3, -0.25) is 0 Å². The monoisotopic (exact) mass is 257 g/mol. The Morgan fingerprint density at radius 3 is 2.63 bits per heavy atom. The van der Waals surface area contributed by atoms with Gasteiger partial charge in [0.25, 0.3) is 0 Å². The molecule has 2 nitrogen and oxygen atoms in total. The fraction of sp³-hybridized carbons (Fsp3) is 0.647. The van der Waals surface area contributed by atoms with Crippen molar-refractivity contribution in [3.63, 3.8) is 0 Å². The first kappa shape index (κ1) is 11.9. The third-order valence-corrected chi connectivity index (χ3v) is 5.58. The summed E-state index contributed by atoms with van der Waals surface area (Å²) < 4.78 is 5.20. The zero-order valence-electron chi connectivity index (χ0n) is 11.6. The average Bonchev–Trinajstić information content (AvgIpc) is 2.80. The zero-order valence-corrected chi connectivity index (χ0v) is 11.6. The van der Waals surface area contributed by atoms with Gasteiger partial charge in [-0.2, -0.15) is 0 Å². The van der Waals surface area contributed by atoms with Gasteiger partial charge < -0.3 is 10.1 Å². The van der Waals surface area contributed by atoms with Crippen LogP contribution in [0.25, 0.3) is 0 Å². The van der Waals surface area contributed by atoms with Crippen molar-refractivity contribution in [3.05, 3.63) is 35.4 Å². The lowest BCUT2D eigenvalue weighted by atomic mass is 10.0. The Hall–Kier alpha value is -0.860. The fourth-order valence-corrected chi connectivity index (χ4v) is 4.83. The molecule has 4 atom stereocenters. The molecule has 19 heavy (non-hydrogen) atoms. The number of rotatable bonds is 5. The summed E-state index contributed by atoms with van der Waals surface area (Å²) in [5.41, 5.74) is 2.67. The third-order valence-electron chi connectivity index (χ3n) is 5.58. The van der Waals surface area contributed by atoms with Crippen molar-refractivity contribution in [2.24, 2.45) is 23.7 Å². The van der Waals surface area contributed by atoms with Crippen LogP contribution in [-0.2, 0) is 17.9 Å². The Bertz CT molecular complexity index is 456. The highest BCUT2D eigenvalue weighted by atomic mass is 16.5. The summed E-state index contributed by atoms with van der Waals surface area (Å²) in [4.78, 5) is 0. The van der Waals surface area contributed by atoms with Crippen LogP contribution in [0.4, 0.5) is 0 Å². The number of nitrogens with one attached hydrogen (secondary N) is 1. The number of ether oxygens (including phenoxy) is 1. The first-order chi connectivity index (χ1) is 9.36. The molecule has 4 unspecified atom stereocenters. The van der Waals surface area contributed by atoms with Gasteiger partial charge in [0.15, 0.2) is 0 Å². The normalized spacial score (nSPS) is 38.5. The van der Waals surface area contributed by atoms with Crippen molar-refractivity contribution >= 4 is 0 Å². The highest BCUT2D eigenvalue weighted by Gasteiger charge is 2.64. The molecule has 1 aromatic carbocycles. The Kier molecular flexibility index (Phi) is 2.89. The molecular formula is C17H23NO. The van der Waals surface area contributed by atoms with Crippen molar-refractivity contribution < 1.29 is 4.74 Å². The van der Waals surface area contributed by atoms with Crippen LogP contribution in [0.5, 0.6) is 0 Å². The van der Waals surface area contributed by atoms with Crippen LogP contribution in [0, 0.1) is 23.7 Å². The third kappa shape index (κ3) is 2.02. The van der Waals surface area contributed by atoms with E-state index in [-0.39, 0.29) is 0 Å². The quantitative estimate of drug-likeness (QED) is 0.875. The predicted molar refractivity (Wildman–Crippen MR) is 75.6 cm³/mol. The van der Waals surface area contributed by atoms with E-state index < -0.39 is 0 Å². The van der Waals surface area contributed by atoms with Crippen molar-refractivity contribution in [2.45, 2.75) is 38.5 Å². The lowest BCUT2D eigenvalue weighted by Crippen LogP contribution is -2.22. The van der Waals surface area contributed by atoms with E-state index in [1.54, 1.807) is 7.11 Å². The number of benzene rings is 1. The summed E-state index contributed by atoms with van der Waals surface area (Å²) in [6.45, 7) is 1.74. The summed E-state index contributed by atoms with van der Waals surface area (Å²) >= 11 is 0. The van der Waals surface area contributed by atoms with Crippen LogP contribution in [0.2, 0.25) is 0 Å². The van der Waals surface area contributed by atoms with E-state index in [4.69, 9.17) is 4.74 Å². The van der Waals surface area contributed by atoms with Crippen LogP contribution in [-0.4, -0.2) is 13.2 Å². The van der Waals surface area contributed by atoms with Gasteiger partial charge in [-0.15, -0.1) is 0 Å². The second kappa shape index (κ2) is 4.60. The van der Waals surface area contributed by atoms with Crippen molar-refractivity contribution in [1.82, 2.24) is 5.32 Å². The molecule has 3 aliphatic rings. The second-order valence-corrected chi connectivity index (χ2v) is 6.65. The number of fused-ring (bicyclic) bond motifs is 5. The van der Waals surface area contributed by atoms with Gasteiger partial charge >= 0.3 is 0 Å².